The average molecular weight is 321 g/mol. The van der Waals surface area contributed by atoms with Gasteiger partial charge in [-0.1, -0.05) is 23.8 Å². The molecule has 4 nitrogen and oxygen atoms in total. The number of benzene rings is 2. The number of nitro groups is 1. The molecule has 2 aromatic carbocycles. The fraction of sp³-hybridized carbons (Fsp3) is 0.125. The van der Waals surface area contributed by atoms with Crippen molar-refractivity contribution >= 4 is 16.7 Å². The summed E-state index contributed by atoms with van der Waals surface area (Å²) in [6.07, 6.45) is -4.70. The molecule has 0 fully saturated rings. The van der Waals surface area contributed by atoms with Gasteiger partial charge < -0.3 is 4.42 Å². The van der Waals surface area contributed by atoms with Crippen LogP contribution in [0.25, 0.3) is 22.3 Å². The summed E-state index contributed by atoms with van der Waals surface area (Å²) in [7, 11) is 0. The molecule has 1 heterocycles. The Morgan fingerprint density at radius 2 is 1.83 bits per heavy atom. The third-order valence-corrected chi connectivity index (χ3v) is 3.47. The minimum Gasteiger partial charge on any atom is -0.455 e. The Hall–Kier alpha value is -2.83. The van der Waals surface area contributed by atoms with Gasteiger partial charge >= 0.3 is 6.18 Å². The zero-order valence-corrected chi connectivity index (χ0v) is 11.8. The first kappa shape index (κ1) is 15.1. The van der Waals surface area contributed by atoms with Crippen LogP contribution in [0, 0.1) is 17.0 Å². The highest BCUT2D eigenvalue weighted by Crippen LogP contribution is 2.45. The van der Waals surface area contributed by atoms with Crippen LogP contribution in [0.5, 0.6) is 0 Å². The van der Waals surface area contributed by atoms with E-state index in [1.807, 2.05) is 0 Å². The molecule has 3 aromatic rings. The molecule has 3 rings (SSSR count). The van der Waals surface area contributed by atoms with Crippen LogP contribution in [0.4, 0.5) is 18.9 Å². The summed E-state index contributed by atoms with van der Waals surface area (Å²) in [5.41, 5.74) is -0.952. The Morgan fingerprint density at radius 3 is 2.48 bits per heavy atom. The molecule has 0 saturated carbocycles. The van der Waals surface area contributed by atoms with Crippen molar-refractivity contribution in [1.82, 2.24) is 0 Å². The van der Waals surface area contributed by atoms with Crippen molar-refractivity contribution in [3.05, 3.63) is 63.7 Å². The van der Waals surface area contributed by atoms with Crippen molar-refractivity contribution in [2.24, 2.45) is 0 Å². The summed E-state index contributed by atoms with van der Waals surface area (Å²) >= 11 is 0. The lowest BCUT2D eigenvalue weighted by molar-refractivity contribution is -0.384. The predicted octanol–water partition coefficient (Wildman–Crippen LogP) is 5.34. The Kier molecular flexibility index (Phi) is 3.35. The topological polar surface area (TPSA) is 56.3 Å². The fourth-order valence-electron chi connectivity index (χ4n) is 2.51. The van der Waals surface area contributed by atoms with Crippen molar-refractivity contribution in [3.63, 3.8) is 0 Å². The van der Waals surface area contributed by atoms with Gasteiger partial charge in [-0.25, -0.2) is 0 Å². The maximum absolute atomic E-state index is 13.5. The summed E-state index contributed by atoms with van der Waals surface area (Å²) in [5.74, 6) is -0.537. The molecule has 0 aliphatic heterocycles. The molecule has 0 radical (unpaired) electrons. The maximum atomic E-state index is 13.5. The number of furan rings is 1. The molecule has 23 heavy (non-hydrogen) atoms. The number of halogens is 3. The van der Waals surface area contributed by atoms with Crippen LogP contribution in [0.1, 0.15) is 11.1 Å². The number of alkyl halides is 3. The van der Waals surface area contributed by atoms with E-state index in [4.69, 9.17) is 4.42 Å². The van der Waals surface area contributed by atoms with Crippen LogP contribution in [0.2, 0.25) is 0 Å². The Bertz CT molecular complexity index is 913. The molecule has 0 bridgehead atoms. The van der Waals surface area contributed by atoms with Crippen LogP contribution in [0.3, 0.4) is 0 Å². The number of aryl methyl sites for hydroxylation is 1. The van der Waals surface area contributed by atoms with Crippen molar-refractivity contribution < 1.29 is 22.5 Å². The molecule has 0 aliphatic carbocycles. The number of para-hydroxylation sites is 1. The minimum atomic E-state index is -4.70. The first-order chi connectivity index (χ1) is 10.8. The molecule has 0 amide bonds. The average Bonchev–Trinajstić information content (AvgIpc) is 2.85. The third-order valence-electron chi connectivity index (χ3n) is 3.47. The molecule has 1 aromatic heterocycles. The molecule has 0 aliphatic rings. The first-order valence-corrected chi connectivity index (χ1v) is 6.63. The van der Waals surface area contributed by atoms with E-state index < -0.39 is 28.1 Å². The van der Waals surface area contributed by atoms with Gasteiger partial charge in [0, 0.05) is 11.5 Å². The SMILES string of the molecule is Cc1ccc2oc(-c3ccccc3[N+](=O)[O-])c(C(F)(F)F)c2c1. The van der Waals surface area contributed by atoms with Gasteiger partial charge in [0.05, 0.1) is 10.5 Å². The predicted molar refractivity (Wildman–Crippen MR) is 78.0 cm³/mol. The largest absolute Gasteiger partial charge is 0.455 e. The molecular formula is C16H10F3NO3. The lowest BCUT2D eigenvalue weighted by atomic mass is 10.0. The number of hydrogen-bond acceptors (Lipinski definition) is 3. The molecule has 0 saturated heterocycles. The normalized spacial score (nSPS) is 11.8. The van der Waals surface area contributed by atoms with Crippen molar-refractivity contribution in [2.75, 3.05) is 0 Å². The number of nitrogens with zero attached hydrogens (tertiary/aromatic N) is 1. The van der Waals surface area contributed by atoms with Crippen LogP contribution in [-0.2, 0) is 6.18 Å². The van der Waals surface area contributed by atoms with Gasteiger partial charge in [-0.05, 0) is 25.1 Å². The summed E-state index contributed by atoms with van der Waals surface area (Å²) in [6, 6.07) is 9.63. The molecule has 118 valence electrons. The second-order valence-corrected chi connectivity index (χ2v) is 5.08. The Balaban J connectivity index is 2.41. The summed E-state index contributed by atoms with van der Waals surface area (Å²) in [4.78, 5) is 10.4. The van der Waals surface area contributed by atoms with Crippen molar-refractivity contribution in [2.45, 2.75) is 13.1 Å². The van der Waals surface area contributed by atoms with Crippen LogP contribution < -0.4 is 0 Å². The van der Waals surface area contributed by atoms with E-state index in [2.05, 4.69) is 0 Å². The standard InChI is InChI=1S/C16H10F3NO3/c1-9-6-7-13-11(8-9)14(16(17,18)19)15(23-13)10-4-2-3-5-12(10)20(21)22/h2-8H,1H3. The zero-order chi connectivity index (χ0) is 16.8. The summed E-state index contributed by atoms with van der Waals surface area (Å²) < 4.78 is 45.9. The molecular weight excluding hydrogens is 311 g/mol. The van der Waals surface area contributed by atoms with E-state index >= 15 is 0 Å². The second kappa shape index (κ2) is 5.12. The summed E-state index contributed by atoms with van der Waals surface area (Å²) in [6.45, 7) is 1.66. The third kappa shape index (κ3) is 2.54. The molecule has 0 atom stereocenters. The molecule has 0 unspecified atom stereocenters. The van der Waals surface area contributed by atoms with Gasteiger partial charge in [0.2, 0.25) is 0 Å². The Morgan fingerprint density at radius 1 is 1.13 bits per heavy atom. The van der Waals surface area contributed by atoms with E-state index in [1.165, 1.54) is 30.3 Å². The molecule has 0 spiro atoms. The highest BCUT2D eigenvalue weighted by atomic mass is 19.4. The quantitative estimate of drug-likeness (QED) is 0.473. The molecule has 7 heteroatoms. The highest BCUT2D eigenvalue weighted by Gasteiger charge is 2.40. The lowest BCUT2D eigenvalue weighted by Gasteiger charge is -2.08. The monoisotopic (exact) mass is 321 g/mol. The van der Waals surface area contributed by atoms with E-state index in [0.717, 1.165) is 6.07 Å². The minimum absolute atomic E-state index is 0.0380. The van der Waals surface area contributed by atoms with Gasteiger partial charge in [-0.15, -0.1) is 0 Å². The number of rotatable bonds is 2. The Labute approximate surface area is 128 Å². The maximum Gasteiger partial charge on any atom is 0.420 e. The second-order valence-electron chi connectivity index (χ2n) is 5.08. The van der Waals surface area contributed by atoms with Crippen LogP contribution >= 0.6 is 0 Å². The van der Waals surface area contributed by atoms with Gasteiger partial charge in [-0.2, -0.15) is 13.2 Å². The number of fused-ring (bicyclic) bond motifs is 1. The highest BCUT2D eigenvalue weighted by molar-refractivity contribution is 5.90. The first-order valence-electron chi connectivity index (χ1n) is 6.63. The van der Waals surface area contributed by atoms with E-state index in [1.54, 1.807) is 13.0 Å². The lowest BCUT2D eigenvalue weighted by Crippen LogP contribution is -2.06. The van der Waals surface area contributed by atoms with Gasteiger partial charge in [-0.3, -0.25) is 10.1 Å². The van der Waals surface area contributed by atoms with E-state index in [0.29, 0.717) is 5.56 Å². The fourth-order valence-corrected chi connectivity index (χ4v) is 2.51. The smallest absolute Gasteiger partial charge is 0.420 e. The van der Waals surface area contributed by atoms with Gasteiger partial charge in [0.1, 0.15) is 11.1 Å². The van der Waals surface area contributed by atoms with Crippen LogP contribution in [0.15, 0.2) is 46.9 Å². The number of hydrogen-bond donors (Lipinski definition) is 0. The molecule has 0 N–H and O–H groups in total. The zero-order valence-electron chi connectivity index (χ0n) is 11.8. The van der Waals surface area contributed by atoms with E-state index in [9.17, 15) is 23.3 Å². The van der Waals surface area contributed by atoms with Gasteiger partial charge in [0.25, 0.3) is 5.69 Å². The number of nitro benzene ring substituents is 1. The van der Waals surface area contributed by atoms with Gasteiger partial charge in [0.15, 0.2) is 5.76 Å². The van der Waals surface area contributed by atoms with E-state index in [-0.39, 0.29) is 16.5 Å². The van der Waals surface area contributed by atoms with Crippen molar-refractivity contribution in [3.8, 4) is 11.3 Å². The van der Waals surface area contributed by atoms with Crippen molar-refractivity contribution in [1.29, 1.82) is 0 Å². The summed E-state index contributed by atoms with van der Waals surface area (Å²) in [5, 5.41) is 11.0. The van der Waals surface area contributed by atoms with Crippen LogP contribution in [-0.4, -0.2) is 4.92 Å².